The number of aliphatic imine (C=N–C) groups is 1. The standard InChI is InChI=1S/C19H25NO2S/c1-11-20-17(22)15(23-11)10-12-8-13(18(2,3)4)16(21)14(9-12)19(5,6)7/h8-10,21H,1-7H3/b15-10-. The van der Waals surface area contributed by atoms with Crippen molar-refractivity contribution in [1.29, 1.82) is 0 Å². The van der Waals surface area contributed by atoms with Crippen LogP contribution in [0.4, 0.5) is 0 Å². The van der Waals surface area contributed by atoms with Crippen LogP contribution in [0.5, 0.6) is 5.75 Å². The number of carbonyl (C=O) groups is 1. The molecule has 1 aliphatic heterocycles. The molecule has 1 amide bonds. The lowest BCUT2D eigenvalue weighted by Crippen LogP contribution is -2.17. The van der Waals surface area contributed by atoms with E-state index in [4.69, 9.17) is 0 Å². The van der Waals surface area contributed by atoms with Crippen LogP contribution in [0.3, 0.4) is 0 Å². The molecule has 1 aliphatic rings. The Bertz CT molecular complexity index is 681. The van der Waals surface area contributed by atoms with Crippen molar-refractivity contribution < 1.29 is 9.90 Å². The zero-order valence-electron chi connectivity index (χ0n) is 14.9. The minimum Gasteiger partial charge on any atom is -0.507 e. The van der Waals surface area contributed by atoms with Gasteiger partial charge in [0.05, 0.1) is 9.95 Å². The molecule has 0 bridgehead atoms. The summed E-state index contributed by atoms with van der Waals surface area (Å²) in [5.74, 6) is 0.167. The van der Waals surface area contributed by atoms with Crippen molar-refractivity contribution in [2.24, 2.45) is 4.99 Å². The number of thioether (sulfide) groups is 1. The molecule has 4 heteroatoms. The molecule has 23 heavy (non-hydrogen) atoms. The van der Waals surface area contributed by atoms with E-state index in [2.05, 4.69) is 46.5 Å². The maximum atomic E-state index is 11.9. The average Bonchev–Trinajstić information content (AvgIpc) is 2.67. The van der Waals surface area contributed by atoms with Crippen LogP contribution in [-0.4, -0.2) is 16.1 Å². The first-order chi connectivity index (χ1) is 10.4. The van der Waals surface area contributed by atoms with E-state index in [1.165, 1.54) is 11.8 Å². The summed E-state index contributed by atoms with van der Waals surface area (Å²) in [6.45, 7) is 14.3. The van der Waals surface area contributed by atoms with E-state index in [1.807, 2.05) is 25.1 Å². The number of hydrogen-bond acceptors (Lipinski definition) is 3. The van der Waals surface area contributed by atoms with Gasteiger partial charge < -0.3 is 5.11 Å². The van der Waals surface area contributed by atoms with Crippen LogP contribution in [0.1, 0.15) is 65.2 Å². The Kier molecular flexibility index (Phi) is 4.51. The molecule has 0 spiro atoms. The summed E-state index contributed by atoms with van der Waals surface area (Å²) in [5.41, 5.74) is 2.35. The van der Waals surface area contributed by atoms with E-state index in [0.717, 1.165) is 21.7 Å². The van der Waals surface area contributed by atoms with Crippen molar-refractivity contribution in [3.8, 4) is 5.75 Å². The molecule has 1 N–H and O–H groups in total. The van der Waals surface area contributed by atoms with E-state index in [9.17, 15) is 9.90 Å². The van der Waals surface area contributed by atoms with Gasteiger partial charge in [0.2, 0.25) is 0 Å². The van der Waals surface area contributed by atoms with Crippen molar-refractivity contribution in [1.82, 2.24) is 0 Å². The second-order valence-electron chi connectivity index (χ2n) is 8.01. The van der Waals surface area contributed by atoms with Crippen molar-refractivity contribution in [2.45, 2.75) is 59.3 Å². The van der Waals surface area contributed by atoms with E-state index in [1.54, 1.807) is 0 Å². The molecule has 0 unspecified atom stereocenters. The molecule has 0 aromatic heterocycles. The number of hydrogen-bond donors (Lipinski definition) is 1. The highest BCUT2D eigenvalue weighted by Crippen LogP contribution is 2.40. The second-order valence-corrected chi connectivity index (χ2v) is 9.25. The predicted molar refractivity (Wildman–Crippen MR) is 99.2 cm³/mol. The lowest BCUT2D eigenvalue weighted by molar-refractivity contribution is -0.113. The number of amides is 1. The van der Waals surface area contributed by atoms with Gasteiger partial charge in [0.1, 0.15) is 5.75 Å². The molecule has 0 saturated carbocycles. The van der Waals surface area contributed by atoms with Gasteiger partial charge in [-0.3, -0.25) is 4.79 Å². The summed E-state index contributed by atoms with van der Waals surface area (Å²) in [4.78, 5) is 16.5. The SMILES string of the molecule is CC1=NC(=O)/C(=C/c2cc(C(C)(C)C)c(O)c(C(C)(C)C)c2)S1. The summed E-state index contributed by atoms with van der Waals surface area (Å²) in [5, 5.41) is 11.5. The molecule has 1 heterocycles. The highest BCUT2D eigenvalue weighted by atomic mass is 32.2. The largest absolute Gasteiger partial charge is 0.507 e. The summed E-state index contributed by atoms with van der Waals surface area (Å²) < 4.78 is 0. The maximum Gasteiger partial charge on any atom is 0.284 e. The average molecular weight is 331 g/mol. The number of carbonyl (C=O) groups excluding carboxylic acids is 1. The normalized spacial score (nSPS) is 17.8. The maximum absolute atomic E-state index is 11.9. The zero-order chi connectivity index (χ0) is 17.6. The molecule has 2 rings (SSSR count). The number of benzene rings is 1. The molecule has 1 aromatic carbocycles. The Morgan fingerprint density at radius 2 is 1.52 bits per heavy atom. The highest BCUT2D eigenvalue weighted by Gasteiger charge is 2.27. The van der Waals surface area contributed by atoms with E-state index < -0.39 is 0 Å². The molecule has 0 radical (unpaired) electrons. The molecule has 1 aromatic rings. The molecule has 124 valence electrons. The minimum atomic E-state index is -0.185. The van der Waals surface area contributed by atoms with Crippen LogP contribution >= 0.6 is 11.8 Å². The lowest BCUT2D eigenvalue weighted by atomic mass is 9.78. The zero-order valence-corrected chi connectivity index (χ0v) is 15.8. The first kappa shape index (κ1) is 17.8. The molecule has 3 nitrogen and oxygen atoms in total. The lowest BCUT2D eigenvalue weighted by Gasteiger charge is -2.28. The van der Waals surface area contributed by atoms with Gasteiger partial charge in [-0.25, -0.2) is 4.99 Å². The van der Waals surface area contributed by atoms with Gasteiger partial charge in [0, 0.05) is 11.1 Å². The Labute approximate surface area is 142 Å². The first-order valence-electron chi connectivity index (χ1n) is 7.77. The Hall–Kier alpha value is -1.55. The van der Waals surface area contributed by atoms with Gasteiger partial charge in [-0.1, -0.05) is 53.3 Å². The predicted octanol–water partition coefficient (Wildman–Crippen LogP) is 5.02. The van der Waals surface area contributed by atoms with Crippen molar-refractivity contribution in [3.05, 3.63) is 33.7 Å². The summed E-state index contributed by atoms with van der Waals surface area (Å²) in [7, 11) is 0. The van der Waals surface area contributed by atoms with Gasteiger partial charge in [-0.15, -0.1) is 0 Å². The van der Waals surface area contributed by atoms with E-state index in [0.29, 0.717) is 10.7 Å². The van der Waals surface area contributed by atoms with Crippen LogP contribution < -0.4 is 0 Å². The number of phenolic OH excluding ortho intramolecular Hbond substituents is 1. The van der Waals surface area contributed by atoms with Crippen LogP contribution in [0, 0.1) is 0 Å². The number of rotatable bonds is 1. The summed E-state index contributed by atoms with van der Waals surface area (Å²) in [6.07, 6.45) is 1.87. The molecule has 0 saturated heterocycles. The number of nitrogens with zero attached hydrogens (tertiary/aromatic N) is 1. The van der Waals surface area contributed by atoms with Crippen molar-refractivity contribution in [2.75, 3.05) is 0 Å². The Morgan fingerprint density at radius 1 is 1.04 bits per heavy atom. The topological polar surface area (TPSA) is 49.7 Å². The fourth-order valence-corrected chi connectivity index (χ4v) is 3.32. The molecular formula is C19H25NO2S. The second kappa shape index (κ2) is 5.82. The summed E-state index contributed by atoms with van der Waals surface area (Å²) in [6, 6.07) is 3.94. The van der Waals surface area contributed by atoms with E-state index in [-0.39, 0.29) is 16.7 Å². The quantitative estimate of drug-likeness (QED) is 0.735. The van der Waals surface area contributed by atoms with Crippen LogP contribution in [0.25, 0.3) is 6.08 Å². The van der Waals surface area contributed by atoms with E-state index >= 15 is 0 Å². The third kappa shape index (κ3) is 3.86. The summed E-state index contributed by atoms with van der Waals surface area (Å²) >= 11 is 1.40. The smallest absolute Gasteiger partial charge is 0.284 e. The van der Waals surface area contributed by atoms with Crippen LogP contribution in [0.15, 0.2) is 22.0 Å². The molecule has 0 aliphatic carbocycles. The number of aromatic hydroxyl groups is 1. The molecule has 0 atom stereocenters. The van der Waals surface area contributed by atoms with Crippen molar-refractivity contribution in [3.63, 3.8) is 0 Å². The minimum absolute atomic E-state index is 0.183. The monoisotopic (exact) mass is 331 g/mol. The van der Waals surface area contributed by atoms with Gasteiger partial charge in [-0.05, 0) is 41.5 Å². The fraction of sp³-hybridized carbons (Fsp3) is 0.474. The first-order valence-corrected chi connectivity index (χ1v) is 8.58. The van der Waals surface area contributed by atoms with Crippen LogP contribution in [-0.2, 0) is 15.6 Å². The van der Waals surface area contributed by atoms with Crippen LogP contribution in [0.2, 0.25) is 0 Å². The van der Waals surface area contributed by atoms with Gasteiger partial charge in [0.25, 0.3) is 5.91 Å². The van der Waals surface area contributed by atoms with Crippen molar-refractivity contribution >= 4 is 28.8 Å². The Balaban J connectivity index is 2.62. The molecule has 0 fully saturated rings. The van der Waals surface area contributed by atoms with Gasteiger partial charge >= 0.3 is 0 Å². The fourth-order valence-electron chi connectivity index (χ4n) is 2.55. The van der Waals surface area contributed by atoms with Gasteiger partial charge in [-0.2, -0.15) is 0 Å². The molecular weight excluding hydrogens is 306 g/mol. The Morgan fingerprint density at radius 3 is 1.87 bits per heavy atom. The highest BCUT2D eigenvalue weighted by molar-refractivity contribution is 8.18. The van der Waals surface area contributed by atoms with Gasteiger partial charge in [0.15, 0.2) is 0 Å². The number of phenols is 1. The third-order valence-electron chi connectivity index (χ3n) is 3.77. The third-order valence-corrected chi connectivity index (χ3v) is 4.67.